The molecule has 2 aromatic carbocycles. The van der Waals surface area contributed by atoms with Gasteiger partial charge < -0.3 is 5.73 Å². The van der Waals surface area contributed by atoms with Crippen LogP contribution in [0.4, 0.5) is 4.39 Å². The fraction of sp³-hybridized carbons (Fsp3) is 0.240. The minimum atomic E-state index is -0.331. The van der Waals surface area contributed by atoms with Crippen molar-refractivity contribution in [2.24, 2.45) is 15.7 Å². The van der Waals surface area contributed by atoms with E-state index in [9.17, 15) is 9.18 Å². The third-order valence-electron chi connectivity index (χ3n) is 5.33. The summed E-state index contributed by atoms with van der Waals surface area (Å²) >= 11 is 8.18. The van der Waals surface area contributed by atoms with Gasteiger partial charge >= 0.3 is 0 Å². The third kappa shape index (κ3) is 7.28. The van der Waals surface area contributed by atoms with E-state index in [1.54, 1.807) is 30.1 Å². The second kappa shape index (κ2) is 13.1. The molecule has 1 heterocycles. The zero-order chi connectivity index (χ0) is 24.3. The highest BCUT2D eigenvalue weighted by molar-refractivity contribution is 7.96. The normalized spacial score (nSPS) is 16.7. The van der Waals surface area contributed by atoms with Crippen LogP contribution in [0.1, 0.15) is 24.0 Å². The highest BCUT2D eigenvalue weighted by Crippen LogP contribution is 2.30. The molecule has 1 saturated heterocycles. The summed E-state index contributed by atoms with van der Waals surface area (Å²) in [4.78, 5) is 20.1. The number of amides is 1. The molecule has 2 aromatic rings. The Morgan fingerprint density at radius 2 is 1.91 bits per heavy atom. The van der Waals surface area contributed by atoms with Crippen LogP contribution in [-0.4, -0.2) is 48.3 Å². The van der Waals surface area contributed by atoms with Gasteiger partial charge in [0.2, 0.25) is 12.4 Å². The Labute approximate surface area is 208 Å². The van der Waals surface area contributed by atoms with Gasteiger partial charge in [0.25, 0.3) is 0 Å². The van der Waals surface area contributed by atoms with E-state index >= 15 is 0 Å². The van der Waals surface area contributed by atoms with E-state index in [1.807, 2.05) is 24.3 Å². The minimum absolute atomic E-state index is 0.0850. The molecule has 3 rings (SSSR count). The second-order valence-electron chi connectivity index (χ2n) is 7.53. The van der Waals surface area contributed by atoms with Crippen LogP contribution in [0.5, 0.6) is 0 Å². The molecule has 34 heavy (non-hydrogen) atoms. The highest BCUT2D eigenvalue weighted by Gasteiger charge is 2.18. The smallest absolute Gasteiger partial charge is 0.224 e. The van der Waals surface area contributed by atoms with Crippen LogP contribution in [0, 0.1) is 5.82 Å². The van der Waals surface area contributed by atoms with Crippen LogP contribution in [0.15, 0.2) is 76.4 Å². The number of hydrogen-bond donors (Lipinski definition) is 2. The Kier molecular flexibility index (Phi) is 9.88. The number of benzene rings is 2. The first-order chi connectivity index (χ1) is 16.5. The Morgan fingerprint density at radius 3 is 2.53 bits per heavy atom. The summed E-state index contributed by atoms with van der Waals surface area (Å²) < 4.78 is 15.8. The van der Waals surface area contributed by atoms with Crippen LogP contribution < -0.4 is 11.1 Å². The number of halogens is 2. The van der Waals surface area contributed by atoms with E-state index in [0.717, 1.165) is 42.6 Å². The van der Waals surface area contributed by atoms with Crippen LogP contribution >= 0.6 is 23.5 Å². The van der Waals surface area contributed by atoms with Gasteiger partial charge in [-0.2, -0.15) is 0 Å². The second-order valence-corrected chi connectivity index (χ2v) is 8.82. The molecule has 0 saturated carbocycles. The first-order valence-corrected chi connectivity index (χ1v) is 12.4. The summed E-state index contributed by atoms with van der Waals surface area (Å²) in [6, 6.07) is 13.6. The Morgan fingerprint density at radius 1 is 1.21 bits per heavy atom. The number of carbonyl (C=O) groups is 1. The zero-order valence-electron chi connectivity index (χ0n) is 18.8. The molecule has 0 spiro atoms. The summed E-state index contributed by atoms with van der Waals surface area (Å²) in [6.07, 6.45) is 9.15. The quantitative estimate of drug-likeness (QED) is 0.191. The van der Waals surface area contributed by atoms with Gasteiger partial charge in [0.1, 0.15) is 5.82 Å². The molecule has 0 radical (unpaired) electrons. The van der Waals surface area contributed by atoms with Gasteiger partial charge in [-0.3, -0.25) is 14.4 Å². The molecule has 1 aliphatic heterocycles. The van der Waals surface area contributed by atoms with Crippen molar-refractivity contribution in [2.75, 3.05) is 19.3 Å². The van der Waals surface area contributed by atoms with E-state index in [2.05, 4.69) is 25.9 Å². The van der Waals surface area contributed by atoms with Crippen molar-refractivity contribution in [3.05, 3.63) is 88.3 Å². The number of nitrogens with one attached hydrogen (secondary N) is 1. The predicted octanol–water partition coefficient (Wildman–Crippen LogP) is 4.67. The maximum atomic E-state index is 13.5. The molecule has 1 fully saturated rings. The Balaban J connectivity index is 1.90. The average molecular weight is 500 g/mol. The summed E-state index contributed by atoms with van der Waals surface area (Å²) in [5, 5.41) is 3.12. The average Bonchev–Trinajstić information content (AvgIpc) is 2.86. The molecule has 0 bridgehead atoms. The number of aliphatic imine (C=N–C) groups is 2. The molecule has 1 amide bonds. The maximum absolute atomic E-state index is 13.5. The van der Waals surface area contributed by atoms with Gasteiger partial charge in [-0.15, -0.1) is 0 Å². The monoisotopic (exact) mass is 499 g/mol. The van der Waals surface area contributed by atoms with Crippen molar-refractivity contribution < 1.29 is 9.18 Å². The van der Waals surface area contributed by atoms with Gasteiger partial charge in [0.05, 0.1) is 6.04 Å². The summed E-state index contributed by atoms with van der Waals surface area (Å²) in [6.45, 7) is 1.87. The van der Waals surface area contributed by atoms with E-state index in [4.69, 9.17) is 17.3 Å². The molecule has 1 aliphatic rings. The van der Waals surface area contributed by atoms with E-state index in [-0.39, 0.29) is 17.8 Å². The third-order valence-corrected chi connectivity index (χ3v) is 6.54. The lowest BCUT2D eigenvalue weighted by Gasteiger charge is -2.27. The molecule has 3 N–H and O–H groups in total. The lowest BCUT2D eigenvalue weighted by molar-refractivity contribution is -0.108. The fourth-order valence-corrected chi connectivity index (χ4v) is 4.36. The van der Waals surface area contributed by atoms with Crippen molar-refractivity contribution in [1.82, 2.24) is 9.62 Å². The molecule has 0 unspecified atom stereocenters. The summed E-state index contributed by atoms with van der Waals surface area (Å²) in [5.41, 5.74) is 8.74. The molecule has 0 aromatic heterocycles. The minimum Gasteiger partial charge on any atom is -0.404 e. The van der Waals surface area contributed by atoms with E-state index in [1.165, 1.54) is 24.5 Å². The van der Waals surface area contributed by atoms with Gasteiger partial charge in [-0.05, 0) is 54.5 Å². The van der Waals surface area contributed by atoms with Gasteiger partial charge in [-0.25, -0.2) is 14.4 Å². The number of allylic oxidation sites excluding steroid dienone is 2. The summed E-state index contributed by atoms with van der Waals surface area (Å²) in [5.74, 6) is -0.103. The first-order valence-electron chi connectivity index (χ1n) is 10.8. The van der Waals surface area contributed by atoms with Crippen molar-refractivity contribution in [2.45, 2.75) is 18.9 Å². The van der Waals surface area contributed by atoms with Gasteiger partial charge in [-0.1, -0.05) is 53.9 Å². The number of rotatable bonds is 7. The lowest BCUT2D eigenvalue weighted by Crippen LogP contribution is -2.32. The van der Waals surface area contributed by atoms with E-state index < -0.39 is 0 Å². The fourth-order valence-electron chi connectivity index (χ4n) is 3.54. The zero-order valence-corrected chi connectivity index (χ0v) is 20.4. The van der Waals surface area contributed by atoms with Crippen LogP contribution in [-0.2, 0) is 4.79 Å². The van der Waals surface area contributed by atoms with Gasteiger partial charge in [0, 0.05) is 41.7 Å². The molecular weight excluding hydrogens is 473 g/mol. The number of nitrogens with two attached hydrogens (primary N) is 1. The highest BCUT2D eigenvalue weighted by atomic mass is 35.5. The van der Waals surface area contributed by atoms with Gasteiger partial charge in [0.15, 0.2) is 0 Å². The molecular formula is C25H27ClFN5OS. The topological polar surface area (TPSA) is 83.1 Å². The molecule has 6 nitrogen and oxygen atoms in total. The van der Waals surface area contributed by atoms with Crippen molar-refractivity contribution in [1.29, 1.82) is 0 Å². The SMILES string of the molecule is CSN1CCC(N=C(N=CC(=C/N)/C=C(\c2ccc(F)cc2)c2ccccc2Cl)NC=O)CC1. The lowest BCUT2D eigenvalue weighted by atomic mass is 9.96. The van der Waals surface area contributed by atoms with Crippen LogP contribution in [0.2, 0.25) is 5.02 Å². The van der Waals surface area contributed by atoms with Crippen molar-refractivity contribution >= 4 is 47.7 Å². The first kappa shape index (κ1) is 25.7. The Bertz CT molecular complexity index is 1090. The molecule has 0 aliphatic carbocycles. The van der Waals surface area contributed by atoms with E-state index in [0.29, 0.717) is 17.0 Å². The largest absolute Gasteiger partial charge is 0.404 e. The van der Waals surface area contributed by atoms with Crippen molar-refractivity contribution in [3.63, 3.8) is 0 Å². The number of hydrogen-bond acceptors (Lipinski definition) is 5. The number of guanidine groups is 1. The van der Waals surface area contributed by atoms with Crippen molar-refractivity contribution in [3.8, 4) is 0 Å². The Hall–Kier alpha value is -2.94. The molecule has 0 atom stereocenters. The maximum Gasteiger partial charge on any atom is 0.224 e. The standard InChI is InChI=1S/C25H27ClFN5OS/c1-34-32-12-10-21(11-13-32)31-25(30-17-33)29-16-18(15-28)14-23(19-6-8-20(27)9-7-19)22-4-2-3-5-24(22)26/h2-9,14-17,21H,10-13,28H2,1H3,(H,30,31,33)/b18-15+,23-14+,29-16?. The molecule has 9 heteroatoms. The molecule has 178 valence electrons. The van der Waals surface area contributed by atoms with Crippen LogP contribution in [0.3, 0.4) is 0 Å². The van der Waals surface area contributed by atoms with Crippen LogP contribution in [0.25, 0.3) is 5.57 Å². The predicted molar refractivity (Wildman–Crippen MR) is 140 cm³/mol. The summed E-state index contributed by atoms with van der Waals surface area (Å²) in [7, 11) is 0. The number of nitrogens with zero attached hydrogens (tertiary/aromatic N) is 3. The number of carbonyl (C=O) groups excluding carboxylic acids is 1. The number of piperidine rings is 1.